The van der Waals surface area contributed by atoms with Crippen LogP contribution in [0, 0.1) is 37.1 Å². The summed E-state index contributed by atoms with van der Waals surface area (Å²) in [6.45, 7) is 23.4. The molecule has 8 atom stereocenters. The Balaban J connectivity index is 0.000000150. The molecule has 4 saturated heterocycles. The summed E-state index contributed by atoms with van der Waals surface area (Å²) in [5.41, 5.74) is 10.9. The second-order valence-electron chi connectivity index (χ2n) is 33.5. The van der Waals surface area contributed by atoms with E-state index in [1.54, 1.807) is 51.9 Å². The minimum absolute atomic E-state index is 0.0157. The Bertz CT molecular complexity index is 5680. The van der Waals surface area contributed by atoms with Crippen LogP contribution in [-0.2, 0) is 18.9 Å². The third-order valence-electron chi connectivity index (χ3n) is 23.4. The summed E-state index contributed by atoms with van der Waals surface area (Å²) in [6.07, 6.45) is 0. The van der Waals surface area contributed by atoms with Gasteiger partial charge in [0.25, 0.3) is 0 Å². The van der Waals surface area contributed by atoms with Crippen molar-refractivity contribution in [2.24, 2.45) is 0 Å². The number of likely N-dealkylation sites (tertiary alicyclic amines) is 4. The van der Waals surface area contributed by atoms with Crippen LogP contribution < -0.4 is 42.5 Å². The van der Waals surface area contributed by atoms with E-state index >= 15 is 0 Å². The van der Waals surface area contributed by atoms with E-state index < -0.39 is 23.3 Å². The van der Waals surface area contributed by atoms with Crippen LogP contribution in [0.4, 0.5) is 56.7 Å². The minimum atomic E-state index is -0.889. The highest BCUT2D eigenvalue weighted by molar-refractivity contribution is 7.19. The van der Waals surface area contributed by atoms with Crippen molar-refractivity contribution >= 4 is 89.5 Å². The first-order valence-corrected chi connectivity index (χ1v) is 47.6. The van der Waals surface area contributed by atoms with E-state index in [1.165, 1.54) is 57.3 Å². The van der Waals surface area contributed by atoms with Crippen LogP contribution in [0.5, 0.6) is 0 Å². The molecule has 24 nitrogen and oxygen atoms in total. The summed E-state index contributed by atoms with van der Waals surface area (Å²) in [7, 11) is 6.71. The number of anilines is 4. The van der Waals surface area contributed by atoms with Crippen molar-refractivity contribution in [3.63, 3.8) is 0 Å². The molecule has 0 unspecified atom stereocenters. The number of nitrogens with one attached hydrogen (secondary N) is 8. The number of methoxy groups -OCH3 is 4. The van der Waals surface area contributed by atoms with E-state index in [0.29, 0.717) is 92.7 Å². The zero-order valence-electron chi connectivity index (χ0n) is 75.9. The first-order valence-electron chi connectivity index (χ1n) is 44.3. The lowest BCUT2D eigenvalue weighted by Gasteiger charge is -2.20. The highest BCUT2D eigenvalue weighted by atomic mass is 32.1. The van der Waals surface area contributed by atoms with Crippen LogP contribution >= 0.6 is 45.3 Å². The van der Waals surface area contributed by atoms with E-state index in [9.17, 15) is 36.7 Å². The average Bonchev–Trinajstić information content (AvgIpc) is 1.66. The van der Waals surface area contributed by atoms with E-state index in [1.807, 2.05) is 147 Å². The number of urea groups is 4. The normalized spacial score (nSPS) is 18.5. The van der Waals surface area contributed by atoms with Gasteiger partial charge in [-0.2, -0.15) is 0 Å². The van der Waals surface area contributed by atoms with Gasteiger partial charge >= 0.3 is 24.1 Å². The van der Waals surface area contributed by atoms with E-state index in [-0.39, 0.29) is 77.9 Å². The molecule has 8 amide bonds. The van der Waals surface area contributed by atoms with Crippen molar-refractivity contribution in [3.05, 3.63) is 285 Å². The van der Waals surface area contributed by atoms with E-state index in [4.69, 9.17) is 28.9 Å². The zero-order valence-corrected chi connectivity index (χ0v) is 79.1. The summed E-state index contributed by atoms with van der Waals surface area (Å²) in [5, 5.41) is 31.2. The SMILES string of the molecule is COCCN1C[C@@H](NC(=O)Nc2sc(-c3ccccc3)nc2C)[C@H](c2ccc(F)c(F)c2)C1.COCCN1C[C@@H](NC(=O)Nc2sc(-c3ccccc3)nc2C)[C@H](c2ccccc2)C1.COCCN1C[C@@H](NC(=O)Nc2sc(C(C)C)nc2-c2ccccc2)[C@H](c2ccc(F)c(F)c2)C1.COCCN1C[C@@H](NC(=O)Nc2sc(C(C)C)nc2-c2ccccc2)[C@H](c2ccccc2)C1. The predicted molar refractivity (Wildman–Crippen MR) is 521 cm³/mol. The standard InChI is InChI=1S/C26H30F2N4O2S.C26H32N4O2S.C24H26F2N4O2S.C24H28N4O2S/c1-16(2)24-30-23(17-7-5-4-6-8-17)25(35-24)31-26(33)29-22-15-32(11-12-34-3)14-19(22)18-9-10-20(27)21(28)13-18;1-18(2)24-28-23(20-12-8-5-9-13-20)25(33-24)29-26(31)27-22-17-30(14-15-32-3)16-21(22)19-10-6-4-7-11-19;1-15-22(33-23(27-15)16-6-4-3-5-7-16)29-24(31)28-21-14-30(10-11-32-2)13-18(21)17-8-9-19(25)20(26)12-17;1-17-22(31-23(25-17)19-11-7-4-8-12-19)27-24(29)26-21-16-28(13-14-30-2)15-20(21)18-9-5-3-6-10-18/h4-10,13,16,19,22H,11-12,14-15H2,1-3H3,(H2,29,31,33);4-13,18,21-22H,14-17H2,1-3H3,(H2,27,29,31);3-9,12,18,21H,10-11,13-14H2,1-2H3,(H2,28,29,31);3-12,20-21H,13-16H2,1-2H3,(H2,26,27,29)/t19-,22+;21-,22+;18-,21+;20-,21+/m0000/s1. The Morgan fingerprint density at radius 3 is 0.871 bits per heavy atom. The molecule has 0 radical (unpaired) electrons. The summed E-state index contributed by atoms with van der Waals surface area (Å²) < 4.78 is 75.7. The van der Waals surface area contributed by atoms with Crippen molar-refractivity contribution in [2.75, 3.05) is 155 Å². The number of amides is 8. The molecule has 32 heteroatoms. The first-order chi connectivity index (χ1) is 64.0. The predicted octanol–water partition coefficient (Wildman–Crippen LogP) is 19.6. The molecule has 4 aliphatic heterocycles. The number of carbonyl (C=O) groups excluding carboxylic acids is 4. The molecule has 4 aliphatic rings. The molecule has 8 N–H and O–H groups in total. The smallest absolute Gasteiger partial charge is 0.320 e. The number of halogens is 4. The summed E-state index contributed by atoms with van der Waals surface area (Å²) in [6, 6.07) is 66.6. The number of hydrogen-bond acceptors (Lipinski definition) is 20. The van der Waals surface area contributed by atoms with Gasteiger partial charge in [0, 0.05) is 165 Å². The van der Waals surface area contributed by atoms with Crippen molar-refractivity contribution in [2.45, 2.75) is 101 Å². The monoisotopic (exact) mass is 1870 g/mol. The fourth-order valence-corrected chi connectivity index (χ4v) is 20.5. The van der Waals surface area contributed by atoms with Gasteiger partial charge in [-0.3, -0.25) is 40.9 Å². The first kappa shape index (κ1) is 98.3. The van der Waals surface area contributed by atoms with Gasteiger partial charge in [0.05, 0.1) is 72.0 Å². The van der Waals surface area contributed by atoms with Crippen molar-refractivity contribution in [3.8, 4) is 43.7 Å². The van der Waals surface area contributed by atoms with Gasteiger partial charge in [-0.15, -0.1) is 22.7 Å². The molecule has 0 bridgehead atoms. The highest BCUT2D eigenvalue weighted by Crippen LogP contribution is 2.41. The third-order valence-corrected chi connectivity index (χ3v) is 28.2. The Labute approximate surface area is 785 Å². The summed E-state index contributed by atoms with van der Waals surface area (Å²) in [4.78, 5) is 79.8. The maximum absolute atomic E-state index is 14.0. The van der Waals surface area contributed by atoms with Crippen molar-refractivity contribution in [1.82, 2.24) is 60.8 Å². The van der Waals surface area contributed by atoms with Crippen molar-refractivity contribution < 1.29 is 55.7 Å². The molecule has 0 saturated carbocycles. The Kier molecular flexibility index (Phi) is 36.1. The molecule has 8 aromatic carbocycles. The Hall–Kier alpha value is -11.2. The zero-order chi connectivity index (χ0) is 93.2. The van der Waals surface area contributed by atoms with Crippen LogP contribution in [0.2, 0.25) is 0 Å². The van der Waals surface area contributed by atoms with Crippen LogP contribution in [0.3, 0.4) is 0 Å². The minimum Gasteiger partial charge on any atom is -0.383 e. The molecule has 4 aromatic heterocycles. The lowest BCUT2D eigenvalue weighted by molar-refractivity contribution is 0.159. The molecule has 132 heavy (non-hydrogen) atoms. The number of nitrogens with zero attached hydrogens (tertiary/aromatic N) is 8. The van der Waals surface area contributed by atoms with Gasteiger partial charge in [-0.25, -0.2) is 56.7 Å². The molecule has 0 spiro atoms. The average molecular weight is 1870 g/mol. The summed E-state index contributed by atoms with van der Waals surface area (Å²) >= 11 is 5.91. The fourth-order valence-electron chi connectivity index (χ4n) is 16.6. The second kappa shape index (κ2) is 48.4. The molecule has 8 heterocycles. The van der Waals surface area contributed by atoms with Gasteiger partial charge in [0.2, 0.25) is 0 Å². The number of thiazole rings is 4. The Morgan fingerprint density at radius 2 is 0.598 bits per heavy atom. The lowest BCUT2D eigenvalue weighted by atomic mass is 9.94. The maximum atomic E-state index is 14.0. The van der Waals surface area contributed by atoms with Crippen LogP contribution in [0.1, 0.15) is 107 Å². The highest BCUT2D eigenvalue weighted by Gasteiger charge is 2.40. The maximum Gasteiger partial charge on any atom is 0.320 e. The molecule has 16 rings (SSSR count). The van der Waals surface area contributed by atoms with Gasteiger partial charge in [0.1, 0.15) is 41.4 Å². The van der Waals surface area contributed by atoms with E-state index in [0.717, 1.165) is 126 Å². The second-order valence-corrected chi connectivity index (χ2v) is 37.6. The van der Waals surface area contributed by atoms with Gasteiger partial charge in [-0.1, -0.05) is 244 Å². The van der Waals surface area contributed by atoms with Gasteiger partial charge in [0.15, 0.2) is 23.3 Å². The van der Waals surface area contributed by atoms with Crippen LogP contribution in [-0.4, -0.2) is 221 Å². The van der Waals surface area contributed by atoms with Crippen molar-refractivity contribution in [1.29, 1.82) is 0 Å². The third kappa shape index (κ3) is 27.0. The fraction of sp³-hybridized carbons (Fsp3) is 0.360. The molecule has 4 fully saturated rings. The number of carbonyl (C=O) groups is 4. The lowest BCUT2D eigenvalue weighted by Crippen LogP contribution is -2.42. The molecular weight excluding hydrogens is 1760 g/mol. The van der Waals surface area contributed by atoms with Crippen LogP contribution in [0.15, 0.2) is 218 Å². The molecule has 696 valence electrons. The summed E-state index contributed by atoms with van der Waals surface area (Å²) in [5.74, 6) is -2.92. The largest absolute Gasteiger partial charge is 0.383 e. The van der Waals surface area contributed by atoms with Crippen LogP contribution in [0.25, 0.3) is 43.7 Å². The number of ether oxygens (including phenoxy) is 4. The van der Waals surface area contributed by atoms with E-state index in [2.05, 4.69) is 148 Å². The molecule has 12 aromatic rings. The number of aromatic nitrogens is 4. The van der Waals surface area contributed by atoms with Gasteiger partial charge in [-0.05, 0) is 60.4 Å². The quantitative estimate of drug-likeness (QED) is 0.0195. The topological polar surface area (TPSA) is 266 Å². The molecule has 0 aliphatic carbocycles. The Morgan fingerprint density at radius 1 is 0.333 bits per heavy atom. The number of hydrogen-bond donors (Lipinski definition) is 8. The number of benzene rings is 8. The molecular formula is C100H116F4N16O8S4. The number of rotatable bonds is 30. The van der Waals surface area contributed by atoms with Gasteiger partial charge < -0.3 is 40.2 Å². The number of aryl methyl sites for hydroxylation is 2.